The van der Waals surface area contributed by atoms with Gasteiger partial charge in [0.25, 0.3) is 0 Å². The number of carboxylic acid groups (broad SMARTS) is 1. The summed E-state index contributed by atoms with van der Waals surface area (Å²) in [7, 11) is 0. The first-order valence-electron chi connectivity index (χ1n) is 8.05. The minimum absolute atomic E-state index is 0.223. The second-order valence-electron chi connectivity index (χ2n) is 7.59. The van der Waals surface area contributed by atoms with Crippen LogP contribution in [-0.4, -0.2) is 53.5 Å². The summed E-state index contributed by atoms with van der Waals surface area (Å²) in [6, 6.07) is -0.709. The Morgan fingerprint density at radius 3 is 2.29 bits per heavy atom. The van der Waals surface area contributed by atoms with Gasteiger partial charge in [-0.15, -0.1) is 0 Å². The number of hydrogen-bond donors (Lipinski definition) is 3. The van der Waals surface area contributed by atoms with Gasteiger partial charge in [0.05, 0.1) is 5.92 Å². The van der Waals surface area contributed by atoms with Gasteiger partial charge in [0.1, 0.15) is 17.2 Å². The van der Waals surface area contributed by atoms with Gasteiger partial charge in [-0.05, 0) is 41.0 Å². The number of carbonyl (C=O) groups is 3. The molecule has 1 aliphatic heterocycles. The summed E-state index contributed by atoms with van der Waals surface area (Å²) in [5.74, 6) is -1.86. The van der Waals surface area contributed by atoms with Crippen molar-refractivity contribution in [3.05, 3.63) is 0 Å². The van der Waals surface area contributed by atoms with Gasteiger partial charge in [0.15, 0.2) is 0 Å². The molecular formula is C16H28N2O6. The number of hydrogen-bond acceptors (Lipinski definition) is 6. The molecule has 0 radical (unpaired) electrons. The average molecular weight is 344 g/mol. The average Bonchev–Trinajstić information content (AvgIpc) is 2.85. The molecule has 0 aromatic carbocycles. The lowest BCUT2D eigenvalue weighted by Crippen LogP contribution is -2.38. The van der Waals surface area contributed by atoms with Crippen LogP contribution in [0.25, 0.3) is 0 Å². The summed E-state index contributed by atoms with van der Waals surface area (Å²) in [6.07, 6.45) is 0.120. The molecule has 1 saturated heterocycles. The monoisotopic (exact) mass is 344 g/mol. The van der Waals surface area contributed by atoms with Crippen molar-refractivity contribution in [2.24, 2.45) is 5.92 Å². The lowest BCUT2D eigenvalue weighted by Gasteiger charge is -2.27. The maximum atomic E-state index is 12.1. The molecule has 0 aromatic rings. The maximum absolute atomic E-state index is 12.1. The smallest absolute Gasteiger partial charge is 0.407 e. The third kappa shape index (κ3) is 7.16. The second kappa shape index (κ2) is 7.83. The Bertz CT molecular complexity index is 483. The molecule has 0 spiro atoms. The number of amides is 1. The fourth-order valence-corrected chi connectivity index (χ4v) is 2.29. The Morgan fingerprint density at radius 2 is 1.79 bits per heavy atom. The minimum atomic E-state index is -0.967. The molecule has 0 bridgehead atoms. The van der Waals surface area contributed by atoms with Crippen molar-refractivity contribution in [1.82, 2.24) is 10.6 Å². The Hall–Kier alpha value is -1.83. The van der Waals surface area contributed by atoms with Crippen LogP contribution in [0.5, 0.6) is 0 Å². The standard InChI is InChI=1S/C16H28N2O6/c1-15(2,3)24-14(22)17-7-6-16(4,5)23-13(21)10-8-11(12(19)20)18-9-10/h10-11,18H,6-9H2,1-5H3,(H,17,22)(H,19,20)/t10?,11-/m1/s1. The van der Waals surface area contributed by atoms with Gasteiger partial charge in [-0.3, -0.25) is 9.59 Å². The van der Waals surface area contributed by atoms with Gasteiger partial charge >= 0.3 is 18.0 Å². The van der Waals surface area contributed by atoms with Crippen LogP contribution >= 0.6 is 0 Å². The minimum Gasteiger partial charge on any atom is -0.480 e. The third-order valence-corrected chi connectivity index (χ3v) is 3.53. The van der Waals surface area contributed by atoms with Crippen LogP contribution in [-0.2, 0) is 19.1 Å². The molecule has 1 rings (SSSR count). The van der Waals surface area contributed by atoms with Crippen LogP contribution in [0, 0.1) is 5.92 Å². The van der Waals surface area contributed by atoms with Crippen molar-refractivity contribution >= 4 is 18.0 Å². The van der Waals surface area contributed by atoms with Crippen molar-refractivity contribution in [1.29, 1.82) is 0 Å². The number of rotatable bonds is 6. The van der Waals surface area contributed by atoms with Crippen LogP contribution in [0.3, 0.4) is 0 Å². The number of esters is 1. The Labute approximate surface area is 142 Å². The number of ether oxygens (including phenoxy) is 2. The summed E-state index contributed by atoms with van der Waals surface area (Å²) in [4.78, 5) is 34.6. The van der Waals surface area contributed by atoms with E-state index in [0.717, 1.165) is 0 Å². The summed E-state index contributed by atoms with van der Waals surface area (Å²) < 4.78 is 10.6. The summed E-state index contributed by atoms with van der Waals surface area (Å²) in [6.45, 7) is 9.42. The topological polar surface area (TPSA) is 114 Å². The van der Waals surface area contributed by atoms with Gasteiger partial charge in [-0.25, -0.2) is 4.79 Å². The molecule has 8 nitrogen and oxygen atoms in total. The Kier molecular flexibility index (Phi) is 6.59. The lowest BCUT2D eigenvalue weighted by atomic mass is 10.0. The number of nitrogens with one attached hydrogen (secondary N) is 2. The predicted molar refractivity (Wildman–Crippen MR) is 86.6 cm³/mol. The van der Waals surface area contributed by atoms with Gasteiger partial charge in [0.2, 0.25) is 0 Å². The second-order valence-corrected chi connectivity index (χ2v) is 7.59. The van der Waals surface area contributed by atoms with Crippen molar-refractivity contribution in [2.75, 3.05) is 13.1 Å². The van der Waals surface area contributed by atoms with E-state index in [1.807, 2.05) is 0 Å². The quantitative estimate of drug-likeness (QED) is 0.622. The van der Waals surface area contributed by atoms with E-state index in [-0.39, 0.29) is 6.42 Å². The molecule has 1 unspecified atom stereocenters. The van der Waals surface area contributed by atoms with E-state index >= 15 is 0 Å². The van der Waals surface area contributed by atoms with Crippen molar-refractivity contribution in [3.63, 3.8) is 0 Å². The normalized spacial score (nSPS) is 21.2. The number of alkyl carbamates (subject to hydrolysis) is 1. The van der Waals surface area contributed by atoms with Crippen LogP contribution in [0.4, 0.5) is 4.79 Å². The predicted octanol–water partition coefficient (Wildman–Crippen LogP) is 1.29. The maximum Gasteiger partial charge on any atom is 0.407 e. The molecule has 24 heavy (non-hydrogen) atoms. The first kappa shape index (κ1) is 20.2. The first-order valence-corrected chi connectivity index (χ1v) is 8.05. The Balaban J connectivity index is 2.37. The molecule has 1 fully saturated rings. The van der Waals surface area contributed by atoms with E-state index in [4.69, 9.17) is 14.6 Å². The fraction of sp³-hybridized carbons (Fsp3) is 0.812. The van der Waals surface area contributed by atoms with Crippen LogP contribution in [0.1, 0.15) is 47.5 Å². The van der Waals surface area contributed by atoms with Crippen LogP contribution in [0.15, 0.2) is 0 Å². The van der Waals surface area contributed by atoms with Crippen molar-refractivity contribution in [2.45, 2.75) is 64.7 Å². The first-order chi connectivity index (χ1) is 10.9. The van der Waals surface area contributed by atoms with Crippen molar-refractivity contribution in [3.8, 4) is 0 Å². The highest BCUT2D eigenvalue weighted by Crippen LogP contribution is 2.21. The molecular weight excluding hydrogens is 316 g/mol. The largest absolute Gasteiger partial charge is 0.480 e. The van der Waals surface area contributed by atoms with Crippen LogP contribution in [0.2, 0.25) is 0 Å². The highest BCUT2D eigenvalue weighted by Gasteiger charge is 2.36. The van der Waals surface area contributed by atoms with Gasteiger partial charge in [-0.1, -0.05) is 0 Å². The van der Waals surface area contributed by atoms with Gasteiger partial charge in [0, 0.05) is 19.5 Å². The molecule has 0 saturated carbocycles. The molecule has 3 N–H and O–H groups in total. The zero-order valence-corrected chi connectivity index (χ0v) is 15.0. The molecule has 138 valence electrons. The highest BCUT2D eigenvalue weighted by molar-refractivity contribution is 5.78. The summed E-state index contributed by atoms with van der Waals surface area (Å²) in [5.41, 5.74) is -1.34. The summed E-state index contributed by atoms with van der Waals surface area (Å²) >= 11 is 0. The molecule has 1 amide bonds. The zero-order chi connectivity index (χ0) is 18.5. The number of aliphatic carboxylic acids is 1. The zero-order valence-electron chi connectivity index (χ0n) is 15.0. The SMILES string of the molecule is CC(C)(C)OC(=O)NCCC(C)(C)OC(=O)C1CN[C@@H](C(=O)O)C1. The molecule has 1 aliphatic rings. The molecule has 2 atom stereocenters. The fourth-order valence-electron chi connectivity index (χ4n) is 2.29. The summed E-state index contributed by atoms with van der Waals surface area (Å²) in [5, 5.41) is 14.3. The van der Waals surface area contributed by atoms with E-state index in [1.54, 1.807) is 34.6 Å². The van der Waals surface area contributed by atoms with E-state index in [0.29, 0.717) is 19.5 Å². The van der Waals surface area contributed by atoms with Gasteiger partial charge < -0.3 is 25.2 Å². The van der Waals surface area contributed by atoms with E-state index < -0.39 is 41.2 Å². The van der Waals surface area contributed by atoms with E-state index in [9.17, 15) is 14.4 Å². The Morgan fingerprint density at radius 1 is 1.17 bits per heavy atom. The number of carboxylic acids is 1. The highest BCUT2D eigenvalue weighted by atomic mass is 16.6. The van der Waals surface area contributed by atoms with E-state index in [2.05, 4.69) is 10.6 Å². The molecule has 8 heteroatoms. The molecule has 0 aromatic heterocycles. The number of carbonyl (C=O) groups excluding carboxylic acids is 2. The lowest BCUT2D eigenvalue weighted by molar-refractivity contribution is -0.161. The third-order valence-electron chi connectivity index (χ3n) is 3.53. The van der Waals surface area contributed by atoms with Gasteiger partial charge in [-0.2, -0.15) is 0 Å². The van der Waals surface area contributed by atoms with E-state index in [1.165, 1.54) is 0 Å². The van der Waals surface area contributed by atoms with Crippen LogP contribution < -0.4 is 10.6 Å². The molecule has 0 aliphatic carbocycles. The molecule has 1 heterocycles. The van der Waals surface area contributed by atoms with Crippen molar-refractivity contribution < 1.29 is 29.0 Å².